The van der Waals surface area contributed by atoms with Crippen molar-refractivity contribution in [2.75, 3.05) is 0 Å². The minimum Gasteiger partial charge on any atom is -0.478 e. The Kier molecular flexibility index (Phi) is 2.67. The van der Waals surface area contributed by atoms with Crippen molar-refractivity contribution in [3.05, 3.63) is 41.0 Å². The molecule has 2 rings (SSSR count). The number of hydrogen-bond acceptors (Lipinski definition) is 3. The lowest BCUT2D eigenvalue weighted by Gasteiger charge is -2.05. The summed E-state index contributed by atoms with van der Waals surface area (Å²) in [6, 6.07) is 3.63. The van der Waals surface area contributed by atoms with Gasteiger partial charge in [0, 0.05) is 11.1 Å². The molecule has 0 fully saturated rings. The van der Waals surface area contributed by atoms with Gasteiger partial charge in [-0.25, -0.2) is 9.18 Å². The van der Waals surface area contributed by atoms with Gasteiger partial charge >= 0.3 is 5.97 Å². The van der Waals surface area contributed by atoms with Crippen LogP contribution in [0.15, 0.2) is 22.7 Å². The van der Waals surface area contributed by atoms with Crippen LogP contribution in [0.2, 0.25) is 0 Å². The van der Waals surface area contributed by atoms with E-state index in [4.69, 9.17) is 9.63 Å². The van der Waals surface area contributed by atoms with Gasteiger partial charge in [-0.1, -0.05) is 11.2 Å². The highest BCUT2D eigenvalue weighted by Crippen LogP contribution is 2.30. The predicted molar refractivity (Wildman–Crippen MR) is 58.3 cm³/mol. The second-order valence-corrected chi connectivity index (χ2v) is 3.69. The minimum absolute atomic E-state index is 0.0978. The van der Waals surface area contributed by atoms with E-state index >= 15 is 0 Å². The van der Waals surface area contributed by atoms with Crippen molar-refractivity contribution in [1.82, 2.24) is 5.16 Å². The first kappa shape index (κ1) is 11.3. The van der Waals surface area contributed by atoms with Gasteiger partial charge in [-0.3, -0.25) is 0 Å². The summed E-state index contributed by atoms with van der Waals surface area (Å²) in [4.78, 5) is 11.1. The highest BCUT2D eigenvalue weighted by atomic mass is 19.1. The summed E-state index contributed by atoms with van der Waals surface area (Å²) in [7, 11) is 0. The van der Waals surface area contributed by atoms with Crippen LogP contribution in [0.4, 0.5) is 4.39 Å². The molecule has 0 radical (unpaired) electrons. The molecule has 2 aromatic rings. The van der Waals surface area contributed by atoms with Crippen LogP contribution in [0.1, 0.15) is 21.8 Å². The van der Waals surface area contributed by atoms with Crippen LogP contribution in [-0.2, 0) is 0 Å². The first-order valence-electron chi connectivity index (χ1n) is 4.97. The van der Waals surface area contributed by atoms with E-state index in [0.29, 0.717) is 22.6 Å². The molecule has 0 bridgehead atoms. The molecule has 0 saturated carbocycles. The second kappa shape index (κ2) is 4.01. The van der Waals surface area contributed by atoms with Crippen molar-refractivity contribution in [3.8, 4) is 11.1 Å². The second-order valence-electron chi connectivity index (χ2n) is 3.69. The van der Waals surface area contributed by atoms with E-state index in [2.05, 4.69) is 5.16 Å². The summed E-state index contributed by atoms with van der Waals surface area (Å²) in [5, 5.41) is 12.8. The number of aromatic nitrogens is 1. The number of benzene rings is 1. The topological polar surface area (TPSA) is 63.3 Å². The molecule has 0 unspecified atom stereocenters. The van der Waals surface area contributed by atoms with Crippen molar-refractivity contribution in [1.29, 1.82) is 0 Å². The van der Waals surface area contributed by atoms with Gasteiger partial charge in [0.15, 0.2) is 0 Å². The third-order valence-electron chi connectivity index (χ3n) is 2.51. The van der Waals surface area contributed by atoms with Crippen LogP contribution in [-0.4, -0.2) is 16.2 Å². The molecule has 5 heteroatoms. The van der Waals surface area contributed by atoms with E-state index in [1.165, 1.54) is 12.1 Å². The molecule has 1 N–H and O–H groups in total. The molecule has 0 aliphatic carbocycles. The summed E-state index contributed by atoms with van der Waals surface area (Å²) in [5.41, 5.74) is 1.49. The zero-order chi connectivity index (χ0) is 12.6. The van der Waals surface area contributed by atoms with Crippen LogP contribution in [0.25, 0.3) is 11.1 Å². The number of aromatic carboxylic acids is 1. The maximum atomic E-state index is 13.0. The van der Waals surface area contributed by atoms with E-state index in [9.17, 15) is 9.18 Å². The van der Waals surface area contributed by atoms with Crippen LogP contribution in [0, 0.1) is 19.7 Å². The van der Waals surface area contributed by atoms with Gasteiger partial charge < -0.3 is 9.63 Å². The Hall–Kier alpha value is -2.17. The highest BCUT2D eigenvalue weighted by molar-refractivity contribution is 5.96. The van der Waals surface area contributed by atoms with Gasteiger partial charge in [0.05, 0.1) is 11.3 Å². The Bertz CT molecular complexity index is 570. The van der Waals surface area contributed by atoms with Gasteiger partial charge in [0.25, 0.3) is 0 Å². The lowest BCUT2D eigenvalue weighted by molar-refractivity contribution is 0.0697. The first-order valence-corrected chi connectivity index (χ1v) is 4.97. The molecule has 4 nitrogen and oxygen atoms in total. The number of rotatable bonds is 2. The lowest BCUT2D eigenvalue weighted by atomic mass is 9.98. The van der Waals surface area contributed by atoms with Crippen molar-refractivity contribution in [2.24, 2.45) is 0 Å². The van der Waals surface area contributed by atoms with E-state index in [1.807, 2.05) is 0 Å². The smallest absolute Gasteiger partial charge is 0.336 e. The monoisotopic (exact) mass is 235 g/mol. The largest absolute Gasteiger partial charge is 0.478 e. The van der Waals surface area contributed by atoms with Crippen LogP contribution >= 0.6 is 0 Å². The predicted octanol–water partition coefficient (Wildman–Crippen LogP) is 2.80. The van der Waals surface area contributed by atoms with Gasteiger partial charge in [-0.05, 0) is 26.0 Å². The van der Waals surface area contributed by atoms with Crippen LogP contribution in [0.3, 0.4) is 0 Å². The molecule has 88 valence electrons. The number of halogens is 1. The summed E-state index contributed by atoms with van der Waals surface area (Å²) < 4.78 is 18.0. The van der Waals surface area contributed by atoms with E-state index in [-0.39, 0.29) is 5.56 Å². The number of carbonyl (C=O) groups is 1. The average Bonchev–Trinajstić information content (AvgIpc) is 2.59. The lowest BCUT2D eigenvalue weighted by Crippen LogP contribution is -2.01. The van der Waals surface area contributed by atoms with Crippen LogP contribution in [0.5, 0.6) is 0 Å². The maximum Gasteiger partial charge on any atom is 0.336 e. The molecule has 0 spiro atoms. The van der Waals surface area contributed by atoms with Gasteiger partial charge in [0.1, 0.15) is 11.6 Å². The zero-order valence-corrected chi connectivity index (χ0v) is 9.32. The molecule has 1 aromatic carbocycles. The third kappa shape index (κ3) is 1.91. The molecular weight excluding hydrogens is 225 g/mol. The fourth-order valence-electron chi connectivity index (χ4n) is 1.78. The molecule has 0 atom stereocenters. The van der Waals surface area contributed by atoms with Crippen molar-refractivity contribution < 1.29 is 18.8 Å². The Labute approximate surface area is 96.7 Å². The molecule has 0 aliphatic heterocycles. The highest BCUT2D eigenvalue weighted by Gasteiger charge is 2.19. The van der Waals surface area contributed by atoms with Gasteiger partial charge in [-0.2, -0.15) is 0 Å². The Morgan fingerprint density at radius 1 is 1.41 bits per heavy atom. The number of aryl methyl sites for hydroxylation is 2. The summed E-state index contributed by atoms with van der Waals surface area (Å²) >= 11 is 0. The van der Waals surface area contributed by atoms with Crippen LogP contribution < -0.4 is 0 Å². The molecule has 17 heavy (non-hydrogen) atoms. The normalized spacial score (nSPS) is 10.5. The Morgan fingerprint density at radius 2 is 2.12 bits per heavy atom. The van der Waals surface area contributed by atoms with E-state index < -0.39 is 11.8 Å². The quantitative estimate of drug-likeness (QED) is 0.869. The third-order valence-corrected chi connectivity index (χ3v) is 2.51. The molecular formula is C12H10FNO3. The minimum atomic E-state index is -1.18. The number of nitrogens with zero attached hydrogens (tertiary/aromatic N) is 1. The number of hydrogen-bond donors (Lipinski definition) is 1. The number of carboxylic acid groups (broad SMARTS) is 1. The Morgan fingerprint density at radius 3 is 2.65 bits per heavy atom. The summed E-state index contributed by atoms with van der Waals surface area (Å²) in [5.74, 6) is -1.26. The first-order chi connectivity index (χ1) is 8.00. The van der Waals surface area contributed by atoms with E-state index in [0.717, 1.165) is 6.07 Å². The summed E-state index contributed by atoms with van der Waals surface area (Å²) in [6.07, 6.45) is 0. The zero-order valence-electron chi connectivity index (χ0n) is 9.32. The fraction of sp³-hybridized carbons (Fsp3) is 0.167. The molecule has 0 saturated heterocycles. The Balaban J connectivity index is 2.71. The molecule has 1 aromatic heterocycles. The van der Waals surface area contributed by atoms with Crippen molar-refractivity contribution in [3.63, 3.8) is 0 Å². The van der Waals surface area contributed by atoms with Crippen molar-refractivity contribution >= 4 is 5.97 Å². The molecule has 1 heterocycles. The standard InChI is InChI=1S/C12H10FNO3/c1-6-11(7(2)17-14-6)9-4-3-8(13)5-10(9)12(15)16/h3-5H,1-2H3,(H,15,16). The molecule has 0 aliphatic rings. The van der Waals surface area contributed by atoms with Crippen molar-refractivity contribution in [2.45, 2.75) is 13.8 Å². The van der Waals surface area contributed by atoms with Gasteiger partial charge in [-0.15, -0.1) is 0 Å². The SMILES string of the molecule is Cc1noc(C)c1-c1ccc(F)cc1C(=O)O. The van der Waals surface area contributed by atoms with E-state index in [1.54, 1.807) is 13.8 Å². The average molecular weight is 235 g/mol. The van der Waals surface area contributed by atoms with Gasteiger partial charge in [0.2, 0.25) is 0 Å². The molecule has 0 amide bonds. The maximum absolute atomic E-state index is 13.0. The fourth-order valence-corrected chi connectivity index (χ4v) is 1.78. The summed E-state index contributed by atoms with van der Waals surface area (Å²) in [6.45, 7) is 3.39. The number of carboxylic acids is 1.